The Labute approximate surface area is 98.3 Å². The number of carbonyl (C=O) groups excluding carboxylic acids is 2. The minimum absolute atomic E-state index is 0.0562. The highest BCUT2D eigenvalue weighted by molar-refractivity contribution is 5.97. The predicted molar refractivity (Wildman–Crippen MR) is 59.4 cm³/mol. The lowest BCUT2D eigenvalue weighted by Gasteiger charge is -2.19. The van der Waals surface area contributed by atoms with E-state index in [0.717, 1.165) is 0 Å². The molecule has 2 amide bonds. The maximum atomic E-state index is 12.1. The third-order valence-electron chi connectivity index (χ3n) is 2.63. The average molecular weight is 235 g/mol. The summed E-state index contributed by atoms with van der Waals surface area (Å²) < 4.78 is 0. The molecule has 0 aliphatic carbocycles. The molecule has 0 spiro atoms. The van der Waals surface area contributed by atoms with Crippen LogP contribution in [0.4, 0.5) is 0 Å². The number of aromatic hydroxyl groups is 1. The zero-order chi connectivity index (χ0) is 12.3. The quantitative estimate of drug-likeness (QED) is 0.703. The van der Waals surface area contributed by atoms with Gasteiger partial charge in [0.15, 0.2) is 0 Å². The Morgan fingerprint density at radius 2 is 2.29 bits per heavy atom. The van der Waals surface area contributed by atoms with Crippen molar-refractivity contribution in [2.24, 2.45) is 0 Å². The van der Waals surface area contributed by atoms with Crippen LogP contribution in [0.25, 0.3) is 0 Å². The molecule has 1 aromatic rings. The number of aromatic nitrogens is 1. The second-order valence-corrected chi connectivity index (χ2v) is 3.78. The molecule has 0 unspecified atom stereocenters. The van der Waals surface area contributed by atoms with Gasteiger partial charge >= 0.3 is 0 Å². The van der Waals surface area contributed by atoms with Crippen molar-refractivity contribution < 1.29 is 14.7 Å². The van der Waals surface area contributed by atoms with Gasteiger partial charge in [0, 0.05) is 32.3 Å². The molecule has 2 heterocycles. The lowest BCUT2D eigenvalue weighted by atomic mass is 10.2. The first-order chi connectivity index (χ1) is 8.18. The van der Waals surface area contributed by atoms with E-state index < -0.39 is 0 Å². The van der Waals surface area contributed by atoms with Crippen molar-refractivity contribution in [3.8, 4) is 5.75 Å². The standard InChI is InChI=1S/C11H13N3O3/c15-9-7-12-3-1-8(9)11(17)14-5-2-10(16)13-4-6-14/h1,3,7,15H,2,4-6H2,(H,13,16). The molecule has 1 aliphatic rings. The van der Waals surface area contributed by atoms with E-state index in [2.05, 4.69) is 10.3 Å². The van der Waals surface area contributed by atoms with Crippen molar-refractivity contribution in [3.63, 3.8) is 0 Å². The van der Waals surface area contributed by atoms with Gasteiger partial charge in [0.2, 0.25) is 5.91 Å². The molecule has 1 aromatic heterocycles. The van der Waals surface area contributed by atoms with Crippen LogP contribution in [-0.4, -0.2) is 46.4 Å². The van der Waals surface area contributed by atoms with Gasteiger partial charge < -0.3 is 15.3 Å². The summed E-state index contributed by atoms with van der Waals surface area (Å²) in [6.45, 7) is 1.26. The number of carbonyl (C=O) groups is 2. The van der Waals surface area contributed by atoms with E-state index in [-0.39, 0.29) is 29.5 Å². The van der Waals surface area contributed by atoms with Crippen molar-refractivity contribution >= 4 is 11.8 Å². The molecule has 90 valence electrons. The topological polar surface area (TPSA) is 82.5 Å². The zero-order valence-corrected chi connectivity index (χ0v) is 9.22. The van der Waals surface area contributed by atoms with E-state index in [1.54, 1.807) is 4.90 Å². The number of amides is 2. The highest BCUT2D eigenvalue weighted by Crippen LogP contribution is 2.16. The van der Waals surface area contributed by atoms with Crippen LogP contribution in [0.2, 0.25) is 0 Å². The van der Waals surface area contributed by atoms with Crippen LogP contribution in [0.1, 0.15) is 16.8 Å². The van der Waals surface area contributed by atoms with E-state index in [9.17, 15) is 14.7 Å². The first-order valence-corrected chi connectivity index (χ1v) is 5.37. The average Bonchev–Trinajstić information content (AvgIpc) is 2.54. The third kappa shape index (κ3) is 2.52. The number of nitrogens with zero attached hydrogens (tertiary/aromatic N) is 2. The predicted octanol–water partition coefficient (Wildman–Crippen LogP) is -0.251. The lowest BCUT2D eigenvalue weighted by molar-refractivity contribution is -0.120. The zero-order valence-electron chi connectivity index (χ0n) is 9.22. The van der Waals surface area contributed by atoms with Crippen LogP contribution in [0.15, 0.2) is 18.5 Å². The Bertz CT molecular complexity index is 447. The van der Waals surface area contributed by atoms with Crippen LogP contribution in [0.3, 0.4) is 0 Å². The molecule has 0 aromatic carbocycles. The fraction of sp³-hybridized carbons (Fsp3) is 0.364. The Morgan fingerprint density at radius 3 is 3.06 bits per heavy atom. The third-order valence-corrected chi connectivity index (χ3v) is 2.63. The van der Waals surface area contributed by atoms with Crippen molar-refractivity contribution in [3.05, 3.63) is 24.0 Å². The van der Waals surface area contributed by atoms with E-state index in [4.69, 9.17) is 0 Å². The van der Waals surface area contributed by atoms with Crippen LogP contribution < -0.4 is 5.32 Å². The second-order valence-electron chi connectivity index (χ2n) is 3.78. The summed E-state index contributed by atoms with van der Waals surface area (Å²) in [6.07, 6.45) is 2.97. The SMILES string of the molecule is O=C1CCN(C(=O)c2ccncc2O)CCN1. The largest absolute Gasteiger partial charge is 0.505 e. The van der Waals surface area contributed by atoms with Crippen molar-refractivity contribution in [2.75, 3.05) is 19.6 Å². The number of nitrogens with one attached hydrogen (secondary N) is 1. The van der Waals surface area contributed by atoms with Crippen LogP contribution >= 0.6 is 0 Å². The van der Waals surface area contributed by atoms with Gasteiger partial charge in [-0.2, -0.15) is 0 Å². The molecule has 17 heavy (non-hydrogen) atoms. The highest BCUT2D eigenvalue weighted by Gasteiger charge is 2.21. The maximum absolute atomic E-state index is 12.1. The molecular formula is C11H13N3O3. The van der Waals surface area contributed by atoms with Gasteiger partial charge in [-0.1, -0.05) is 0 Å². The minimum Gasteiger partial charge on any atom is -0.505 e. The molecule has 2 N–H and O–H groups in total. The summed E-state index contributed by atoms with van der Waals surface area (Å²) in [6, 6.07) is 1.47. The van der Waals surface area contributed by atoms with Crippen molar-refractivity contribution in [1.82, 2.24) is 15.2 Å². The molecule has 0 bridgehead atoms. The van der Waals surface area contributed by atoms with Gasteiger partial charge in [-0.05, 0) is 6.07 Å². The van der Waals surface area contributed by atoms with Gasteiger partial charge in [0.05, 0.1) is 11.8 Å². The normalized spacial score (nSPS) is 16.2. The van der Waals surface area contributed by atoms with E-state index in [1.807, 2.05) is 0 Å². The van der Waals surface area contributed by atoms with Gasteiger partial charge in [-0.15, -0.1) is 0 Å². The molecule has 2 rings (SSSR count). The molecule has 1 saturated heterocycles. The Morgan fingerprint density at radius 1 is 1.47 bits per heavy atom. The molecule has 0 saturated carbocycles. The molecular weight excluding hydrogens is 222 g/mol. The van der Waals surface area contributed by atoms with Gasteiger partial charge in [0.25, 0.3) is 5.91 Å². The number of pyridine rings is 1. The molecule has 6 nitrogen and oxygen atoms in total. The molecule has 0 atom stereocenters. The summed E-state index contributed by atoms with van der Waals surface area (Å²) in [5.74, 6) is -0.471. The Kier molecular flexibility index (Phi) is 3.22. The number of hydrogen-bond acceptors (Lipinski definition) is 4. The van der Waals surface area contributed by atoms with Crippen LogP contribution in [-0.2, 0) is 4.79 Å². The van der Waals surface area contributed by atoms with E-state index in [1.165, 1.54) is 18.5 Å². The number of rotatable bonds is 1. The summed E-state index contributed by atoms with van der Waals surface area (Å²) in [7, 11) is 0. The molecule has 1 aliphatic heterocycles. The van der Waals surface area contributed by atoms with Crippen molar-refractivity contribution in [2.45, 2.75) is 6.42 Å². The second kappa shape index (κ2) is 4.82. The Balaban J connectivity index is 2.14. The highest BCUT2D eigenvalue weighted by atomic mass is 16.3. The molecule has 1 fully saturated rings. The van der Waals surface area contributed by atoms with Crippen LogP contribution in [0.5, 0.6) is 5.75 Å². The molecule has 0 radical (unpaired) electrons. The van der Waals surface area contributed by atoms with E-state index >= 15 is 0 Å². The Hall–Kier alpha value is -2.11. The first-order valence-electron chi connectivity index (χ1n) is 5.37. The monoisotopic (exact) mass is 235 g/mol. The van der Waals surface area contributed by atoms with Gasteiger partial charge in [-0.3, -0.25) is 14.6 Å². The maximum Gasteiger partial charge on any atom is 0.257 e. The lowest BCUT2D eigenvalue weighted by Crippen LogP contribution is -2.34. The minimum atomic E-state index is -0.276. The fourth-order valence-electron chi connectivity index (χ4n) is 1.71. The smallest absolute Gasteiger partial charge is 0.257 e. The van der Waals surface area contributed by atoms with Gasteiger partial charge in [0.1, 0.15) is 5.75 Å². The first kappa shape index (κ1) is 11.4. The van der Waals surface area contributed by atoms with E-state index in [0.29, 0.717) is 19.6 Å². The fourth-order valence-corrected chi connectivity index (χ4v) is 1.71. The van der Waals surface area contributed by atoms with Crippen molar-refractivity contribution in [1.29, 1.82) is 0 Å². The number of hydrogen-bond donors (Lipinski definition) is 2. The summed E-state index contributed by atoms with van der Waals surface area (Å²) in [5.41, 5.74) is 0.217. The summed E-state index contributed by atoms with van der Waals surface area (Å²) in [4.78, 5) is 28.5. The summed E-state index contributed by atoms with van der Waals surface area (Å²) >= 11 is 0. The summed E-state index contributed by atoms with van der Waals surface area (Å²) in [5, 5.41) is 12.2. The van der Waals surface area contributed by atoms with Gasteiger partial charge in [-0.25, -0.2) is 0 Å². The van der Waals surface area contributed by atoms with Crippen LogP contribution in [0, 0.1) is 0 Å². The molecule has 6 heteroatoms.